The molecule has 0 spiro atoms. The maximum absolute atomic E-state index is 10.9. The van der Waals surface area contributed by atoms with Crippen molar-refractivity contribution in [2.75, 3.05) is 13.1 Å². The number of amides is 1. The van der Waals surface area contributed by atoms with Crippen molar-refractivity contribution in [1.82, 2.24) is 10.6 Å². The molecule has 0 aliphatic carbocycles. The van der Waals surface area contributed by atoms with E-state index in [1.807, 2.05) is 13.8 Å². The Morgan fingerprint density at radius 3 is 3.00 bits per heavy atom. The zero-order valence-corrected chi connectivity index (χ0v) is 6.53. The summed E-state index contributed by atoms with van der Waals surface area (Å²) in [7, 11) is 0. The Morgan fingerprint density at radius 1 is 1.60 bits per heavy atom. The van der Waals surface area contributed by atoms with Gasteiger partial charge in [-0.3, -0.25) is 4.79 Å². The molecule has 0 bridgehead atoms. The fourth-order valence-electron chi connectivity index (χ4n) is 1.09. The van der Waals surface area contributed by atoms with Gasteiger partial charge in [0.15, 0.2) is 0 Å². The molecule has 1 heterocycles. The highest BCUT2D eigenvalue weighted by atomic mass is 16.2. The van der Waals surface area contributed by atoms with E-state index in [-0.39, 0.29) is 14.3 Å². The van der Waals surface area contributed by atoms with E-state index in [1.165, 1.54) is 0 Å². The number of hydrogen-bond donors (Lipinski definition) is 2. The summed E-state index contributed by atoms with van der Waals surface area (Å²) in [4.78, 5) is 10.9. The molecule has 1 saturated heterocycles. The molecule has 0 saturated carbocycles. The molecule has 10 heavy (non-hydrogen) atoms. The predicted octanol–water partition coefficient (Wildman–Crippen LogP) is 0.366. The molecule has 0 atom stereocenters. The monoisotopic (exact) mass is 146 g/mol. The van der Waals surface area contributed by atoms with Gasteiger partial charge in [-0.05, 0) is 26.8 Å². The van der Waals surface area contributed by atoms with Gasteiger partial charge in [-0.2, -0.15) is 0 Å². The van der Waals surface area contributed by atoms with Gasteiger partial charge in [0, 0.05) is 8.39 Å². The summed E-state index contributed by atoms with van der Waals surface area (Å²) in [6.07, 6.45) is 0.999. The van der Waals surface area contributed by atoms with Gasteiger partial charge in [-0.25, -0.2) is 0 Å². The fraction of sp³-hybridized carbons (Fsp3) is 0.857. The predicted molar refractivity (Wildman–Crippen MR) is 43.9 cm³/mol. The minimum Gasteiger partial charge on any atom is -0.350 e. The van der Waals surface area contributed by atoms with E-state index in [0.717, 1.165) is 13.0 Å². The van der Waals surface area contributed by atoms with Gasteiger partial charge in [-0.1, -0.05) is 0 Å². The van der Waals surface area contributed by atoms with Crippen LogP contribution in [0.1, 0.15) is 23.1 Å². The first kappa shape index (κ1) is 7.54. The third-order valence-electron chi connectivity index (χ3n) is 1.69. The Labute approximate surface area is 64.2 Å². The highest BCUT2D eigenvalue weighted by molar-refractivity contribution is 5.79. The SMILES string of the molecule is CC1(C)CCNCC(=O)N1.[HH].[HH]. The molecule has 0 aromatic rings. The minimum absolute atomic E-state index is 0. The summed E-state index contributed by atoms with van der Waals surface area (Å²) in [5.74, 6) is 0.0995. The standard InChI is InChI=1S/C7H14N2O.2H2/c1-7(2)3-4-8-5-6(10)9-7;;/h8H,3-5H2,1-2H3,(H,9,10);2*1H. The lowest BCUT2D eigenvalue weighted by molar-refractivity contribution is -0.121. The second-order valence-electron chi connectivity index (χ2n) is 3.36. The summed E-state index contributed by atoms with van der Waals surface area (Å²) in [5.41, 5.74) is -0.0272. The van der Waals surface area contributed by atoms with Crippen LogP contribution in [0.4, 0.5) is 0 Å². The maximum atomic E-state index is 10.9. The van der Waals surface area contributed by atoms with Gasteiger partial charge in [0.05, 0.1) is 6.54 Å². The Morgan fingerprint density at radius 2 is 2.30 bits per heavy atom. The summed E-state index contributed by atoms with van der Waals surface area (Å²) >= 11 is 0. The zero-order valence-electron chi connectivity index (χ0n) is 6.53. The average Bonchev–Trinajstić information content (AvgIpc) is 1.90. The largest absolute Gasteiger partial charge is 0.350 e. The Balaban J connectivity index is 0. The molecular weight excluding hydrogens is 128 g/mol. The lowest BCUT2D eigenvalue weighted by atomic mass is 10.0. The van der Waals surface area contributed by atoms with Crippen molar-refractivity contribution in [1.29, 1.82) is 0 Å². The van der Waals surface area contributed by atoms with Crippen molar-refractivity contribution in [3.8, 4) is 0 Å². The first-order chi connectivity index (χ1) is 4.60. The lowest BCUT2D eigenvalue weighted by Gasteiger charge is -2.22. The van der Waals surface area contributed by atoms with Crippen LogP contribution in [0, 0.1) is 0 Å². The summed E-state index contributed by atoms with van der Waals surface area (Å²) in [5, 5.41) is 5.96. The van der Waals surface area contributed by atoms with Crippen molar-refractivity contribution in [2.45, 2.75) is 25.8 Å². The van der Waals surface area contributed by atoms with Crippen LogP contribution in [-0.4, -0.2) is 24.5 Å². The zero-order chi connectivity index (χ0) is 7.61. The van der Waals surface area contributed by atoms with Crippen molar-refractivity contribution in [3.05, 3.63) is 0 Å². The molecule has 1 rings (SSSR count). The van der Waals surface area contributed by atoms with E-state index in [0.29, 0.717) is 6.54 Å². The van der Waals surface area contributed by atoms with Crippen LogP contribution in [0.25, 0.3) is 0 Å². The molecule has 3 nitrogen and oxygen atoms in total. The molecule has 1 amide bonds. The Hall–Kier alpha value is -0.570. The smallest absolute Gasteiger partial charge is 0.234 e. The topological polar surface area (TPSA) is 41.1 Å². The Kier molecular flexibility index (Phi) is 1.94. The molecule has 1 fully saturated rings. The second kappa shape index (κ2) is 2.58. The average molecular weight is 146 g/mol. The molecule has 0 aromatic heterocycles. The van der Waals surface area contributed by atoms with Crippen LogP contribution in [-0.2, 0) is 4.79 Å². The number of nitrogens with one attached hydrogen (secondary N) is 2. The maximum Gasteiger partial charge on any atom is 0.234 e. The summed E-state index contributed by atoms with van der Waals surface area (Å²) in [6, 6.07) is 0. The first-order valence-electron chi connectivity index (χ1n) is 3.62. The van der Waals surface area contributed by atoms with Gasteiger partial charge >= 0.3 is 0 Å². The van der Waals surface area contributed by atoms with Crippen LogP contribution >= 0.6 is 0 Å². The molecular formula is C7H18N2O. The van der Waals surface area contributed by atoms with Gasteiger partial charge in [0.2, 0.25) is 5.91 Å². The van der Waals surface area contributed by atoms with Gasteiger partial charge < -0.3 is 10.6 Å². The van der Waals surface area contributed by atoms with Gasteiger partial charge in [-0.15, -0.1) is 0 Å². The highest BCUT2D eigenvalue weighted by Crippen LogP contribution is 2.07. The van der Waals surface area contributed by atoms with Crippen molar-refractivity contribution < 1.29 is 7.65 Å². The number of carbonyl (C=O) groups excluding carboxylic acids is 1. The molecule has 1 aliphatic heterocycles. The molecule has 1 aliphatic rings. The number of rotatable bonds is 0. The molecule has 2 N–H and O–H groups in total. The third kappa shape index (κ3) is 1.99. The Bertz CT molecular complexity index is 150. The van der Waals surface area contributed by atoms with Crippen LogP contribution in [0.15, 0.2) is 0 Å². The van der Waals surface area contributed by atoms with Crippen molar-refractivity contribution in [3.63, 3.8) is 0 Å². The van der Waals surface area contributed by atoms with E-state index in [2.05, 4.69) is 10.6 Å². The van der Waals surface area contributed by atoms with Crippen molar-refractivity contribution >= 4 is 5.91 Å². The third-order valence-corrected chi connectivity index (χ3v) is 1.69. The van der Waals surface area contributed by atoms with Crippen LogP contribution in [0.5, 0.6) is 0 Å². The number of carbonyl (C=O) groups is 1. The normalized spacial score (nSPS) is 25.2. The second-order valence-corrected chi connectivity index (χ2v) is 3.36. The van der Waals surface area contributed by atoms with E-state index in [1.54, 1.807) is 0 Å². The van der Waals surface area contributed by atoms with Crippen LogP contribution in [0.2, 0.25) is 0 Å². The molecule has 0 radical (unpaired) electrons. The minimum atomic E-state index is -0.0272. The van der Waals surface area contributed by atoms with Crippen molar-refractivity contribution in [2.24, 2.45) is 0 Å². The fourth-order valence-corrected chi connectivity index (χ4v) is 1.09. The van der Waals surface area contributed by atoms with E-state index in [4.69, 9.17) is 0 Å². The van der Waals surface area contributed by atoms with Gasteiger partial charge in [0.25, 0.3) is 0 Å². The van der Waals surface area contributed by atoms with E-state index >= 15 is 0 Å². The summed E-state index contributed by atoms with van der Waals surface area (Å²) < 4.78 is 0. The van der Waals surface area contributed by atoms with E-state index in [9.17, 15) is 4.79 Å². The van der Waals surface area contributed by atoms with Crippen LogP contribution < -0.4 is 10.6 Å². The molecule has 62 valence electrons. The molecule has 0 aromatic carbocycles. The quantitative estimate of drug-likeness (QED) is 0.518. The van der Waals surface area contributed by atoms with Gasteiger partial charge in [0.1, 0.15) is 0 Å². The molecule has 0 unspecified atom stereocenters. The summed E-state index contributed by atoms with van der Waals surface area (Å²) in [6.45, 7) is 5.46. The van der Waals surface area contributed by atoms with Crippen LogP contribution in [0.3, 0.4) is 0 Å². The molecule has 3 heteroatoms. The first-order valence-corrected chi connectivity index (χ1v) is 3.62. The number of hydrogen-bond acceptors (Lipinski definition) is 2. The van der Waals surface area contributed by atoms with E-state index < -0.39 is 0 Å². The highest BCUT2D eigenvalue weighted by Gasteiger charge is 2.22. The lowest BCUT2D eigenvalue weighted by Crippen LogP contribution is -2.43.